The van der Waals surface area contributed by atoms with Crippen molar-refractivity contribution in [3.8, 4) is 11.1 Å². The Morgan fingerprint density at radius 3 is 2.14 bits per heavy atom. The van der Waals surface area contributed by atoms with Crippen molar-refractivity contribution in [1.29, 1.82) is 0 Å². The van der Waals surface area contributed by atoms with Crippen molar-refractivity contribution >= 4 is 17.4 Å². The number of carbonyl (C=O) groups is 1. The molecule has 21 heavy (non-hydrogen) atoms. The van der Waals surface area contributed by atoms with Crippen molar-refractivity contribution in [3.05, 3.63) is 48.5 Å². The molecule has 4 heteroatoms. The number of hydrogen-bond acceptors (Lipinski definition) is 2. The van der Waals surface area contributed by atoms with E-state index < -0.39 is 0 Å². The molecule has 2 amide bonds. The van der Waals surface area contributed by atoms with Crippen LogP contribution in [0.25, 0.3) is 11.1 Å². The lowest BCUT2D eigenvalue weighted by atomic mass is 10.0. The van der Waals surface area contributed by atoms with Crippen LogP contribution in [-0.4, -0.2) is 39.1 Å². The largest absolute Gasteiger partial charge is 0.378 e. The fourth-order valence-electron chi connectivity index (χ4n) is 1.94. The van der Waals surface area contributed by atoms with Gasteiger partial charge in [0.2, 0.25) is 0 Å². The number of nitrogens with one attached hydrogen (secondary N) is 1. The van der Waals surface area contributed by atoms with Crippen molar-refractivity contribution < 1.29 is 4.79 Å². The molecular formula is C17H21N3O. The summed E-state index contributed by atoms with van der Waals surface area (Å²) in [7, 11) is 7.49. The Morgan fingerprint density at radius 1 is 0.905 bits per heavy atom. The molecular weight excluding hydrogens is 262 g/mol. The van der Waals surface area contributed by atoms with Gasteiger partial charge in [-0.15, -0.1) is 0 Å². The van der Waals surface area contributed by atoms with Gasteiger partial charge in [0.1, 0.15) is 0 Å². The van der Waals surface area contributed by atoms with Gasteiger partial charge >= 0.3 is 6.03 Å². The van der Waals surface area contributed by atoms with Crippen LogP contribution in [0, 0.1) is 0 Å². The molecule has 0 aliphatic rings. The molecule has 0 atom stereocenters. The maximum Gasteiger partial charge on any atom is 0.321 e. The number of carbonyl (C=O) groups excluding carboxylic acids is 1. The van der Waals surface area contributed by atoms with Crippen LogP contribution in [-0.2, 0) is 0 Å². The molecule has 2 aromatic rings. The van der Waals surface area contributed by atoms with Gasteiger partial charge in [0.05, 0.1) is 0 Å². The number of anilines is 2. The first kappa shape index (κ1) is 14.9. The van der Waals surface area contributed by atoms with Crippen LogP contribution in [0.4, 0.5) is 16.2 Å². The van der Waals surface area contributed by atoms with Crippen molar-refractivity contribution in [2.45, 2.75) is 0 Å². The Labute approximate surface area is 126 Å². The lowest BCUT2D eigenvalue weighted by molar-refractivity contribution is 0.230. The van der Waals surface area contributed by atoms with Gasteiger partial charge in [0.25, 0.3) is 0 Å². The SMILES string of the molecule is CN(C)C(=O)Nc1ccc(-c2cccc(N(C)C)c2)cc1. The number of nitrogens with zero attached hydrogens (tertiary/aromatic N) is 2. The van der Waals surface area contributed by atoms with E-state index in [9.17, 15) is 4.79 Å². The lowest BCUT2D eigenvalue weighted by Gasteiger charge is -2.14. The smallest absolute Gasteiger partial charge is 0.321 e. The monoisotopic (exact) mass is 283 g/mol. The van der Waals surface area contributed by atoms with Crippen LogP contribution < -0.4 is 10.2 Å². The highest BCUT2D eigenvalue weighted by Crippen LogP contribution is 2.25. The van der Waals surface area contributed by atoms with E-state index in [1.54, 1.807) is 14.1 Å². The van der Waals surface area contributed by atoms with Crippen LogP contribution in [0.15, 0.2) is 48.5 Å². The van der Waals surface area contributed by atoms with Gasteiger partial charge in [-0.05, 0) is 35.4 Å². The van der Waals surface area contributed by atoms with E-state index >= 15 is 0 Å². The third kappa shape index (κ3) is 3.75. The van der Waals surface area contributed by atoms with E-state index in [0.29, 0.717) is 0 Å². The number of hydrogen-bond donors (Lipinski definition) is 1. The molecule has 0 bridgehead atoms. The average Bonchev–Trinajstić information content (AvgIpc) is 2.48. The summed E-state index contributed by atoms with van der Waals surface area (Å²) in [5.41, 5.74) is 4.24. The summed E-state index contributed by atoms with van der Waals surface area (Å²) in [6, 6.07) is 16.1. The minimum Gasteiger partial charge on any atom is -0.378 e. The second kappa shape index (κ2) is 6.31. The minimum atomic E-state index is -0.127. The Kier molecular flexibility index (Phi) is 4.48. The molecule has 0 saturated heterocycles. The standard InChI is InChI=1S/C17H21N3O/c1-19(2)16-7-5-6-14(12-16)13-8-10-15(11-9-13)18-17(21)20(3)4/h5-12H,1-4H3,(H,18,21). The summed E-state index contributed by atoms with van der Waals surface area (Å²) < 4.78 is 0. The first-order chi connectivity index (χ1) is 9.97. The number of amides is 2. The third-order valence-electron chi connectivity index (χ3n) is 3.24. The van der Waals surface area contributed by atoms with E-state index in [-0.39, 0.29) is 6.03 Å². The summed E-state index contributed by atoms with van der Waals surface area (Å²) >= 11 is 0. The molecule has 4 nitrogen and oxygen atoms in total. The molecule has 0 unspecified atom stereocenters. The Morgan fingerprint density at radius 2 is 1.57 bits per heavy atom. The highest BCUT2D eigenvalue weighted by atomic mass is 16.2. The Balaban J connectivity index is 2.19. The molecule has 2 rings (SSSR count). The molecule has 0 aliphatic heterocycles. The summed E-state index contributed by atoms with van der Waals surface area (Å²) in [5, 5.41) is 2.83. The van der Waals surface area contributed by atoms with E-state index in [1.165, 1.54) is 4.90 Å². The van der Waals surface area contributed by atoms with Crippen LogP contribution in [0.1, 0.15) is 0 Å². The van der Waals surface area contributed by atoms with Crippen molar-refractivity contribution in [2.24, 2.45) is 0 Å². The van der Waals surface area contributed by atoms with E-state index in [4.69, 9.17) is 0 Å². The second-order valence-corrected chi connectivity index (χ2v) is 5.35. The fourth-order valence-corrected chi connectivity index (χ4v) is 1.94. The molecule has 0 aromatic heterocycles. The number of rotatable bonds is 3. The van der Waals surface area contributed by atoms with Crippen LogP contribution in [0.5, 0.6) is 0 Å². The molecule has 0 radical (unpaired) electrons. The third-order valence-corrected chi connectivity index (χ3v) is 3.24. The summed E-state index contributed by atoms with van der Waals surface area (Å²) in [6.45, 7) is 0. The van der Waals surface area contributed by atoms with Gasteiger partial charge in [-0.25, -0.2) is 4.79 Å². The van der Waals surface area contributed by atoms with Gasteiger partial charge in [-0.3, -0.25) is 0 Å². The normalized spacial score (nSPS) is 10.1. The highest BCUT2D eigenvalue weighted by molar-refractivity contribution is 5.89. The molecule has 110 valence electrons. The molecule has 0 fully saturated rings. The van der Waals surface area contributed by atoms with E-state index in [2.05, 4.69) is 28.4 Å². The molecule has 0 spiro atoms. The minimum absolute atomic E-state index is 0.127. The molecule has 2 aromatic carbocycles. The van der Waals surface area contributed by atoms with Gasteiger partial charge in [0.15, 0.2) is 0 Å². The maximum absolute atomic E-state index is 11.6. The molecule has 1 N–H and O–H groups in total. The molecule has 0 aliphatic carbocycles. The summed E-state index contributed by atoms with van der Waals surface area (Å²) in [6.07, 6.45) is 0. The average molecular weight is 283 g/mol. The zero-order valence-electron chi connectivity index (χ0n) is 12.9. The van der Waals surface area contributed by atoms with Gasteiger partial charge in [-0.1, -0.05) is 24.3 Å². The predicted octanol–water partition coefficient (Wildman–Crippen LogP) is 3.51. The first-order valence-corrected chi connectivity index (χ1v) is 6.83. The van der Waals surface area contributed by atoms with Crippen molar-refractivity contribution in [2.75, 3.05) is 38.4 Å². The quantitative estimate of drug-likeness (QED) is 0.935. The summed E-state index contributed by atoms with van der Waals surface area (Å²) in [5.74, 6) is 0. The van der Waals surface area contributed by atoms with Crippen LogP contribution in [0.3, 0.4) is 0 Å². The fraction of sp³-hybridized carbons (Fsp3) is 0.235. The highest BCUT2D eigenvalue weighted by Gasteiger charge is 2.05. The Hall–Kier alpha value is -2.49. The zero-order chi connectivity index (χ0) is 15.4. The Bertz CT molecular complexity index is 618. The van der Waals surface area contributed by atoms with Crippen molar-refractivity contribution in [1.82, 2.24) is 4.90 Å². The van der Waals surface area contributed by atoms with Gasteiger partial charge < -0.3 is 15.1 Å². The van der Waals surface area contributed by atoms with E-state index in [1.807, 2.05) is 44.4 Å². The first-order valence-electron chi connectivity index (χ1n) is 6.83. The zero-order valence-corrected chi connectivity index (χ0v) is 12.9. The number of urea groups is 1. The molecule has 0 heterocycles. The lowest BCUT2D eigenvalue weighted by Crippen LogP contribution is -2.27. The number of benzene rings is 2. The van der Waals surface area contributed by atoms with Gasteiger partial charge in [0, 0.05) is 39.6 Å². The van der Waals surface area contributed by atoms with Crippen LogP contribution in [0.2, 0.25) is 0 Å². The predicted molar refractivity (Wildman–Crippen MR) is 88.9 cm³/mol. The van der Waals surface area contributed by atoms with Crippen molar-refractivity contribution in [3.63, 3.8) is 0 Å². The van der Waals surface area contributed by atoms with Crippen LogP contribution >= 0.6 is 0 Å². The van der Waals surface area contributed by atoms with E-state index in [0.717, 1.165) is 22.5 Å². The maximum atomic E-state index is 11.6. The summed E-state index contributed by atoms with van der Waals surface area (Å²) in [4.78, 5) is 15.2. The topological polar surface area (TPSA) is 35.6 Å². The van der Waals surface area contributed by atoms with Gasteiger partial charge in [-0.2, -0.15) is 0 Å². The molecule has 0 saturated carbocycles. The second-order valence-electron chi connectivity index (χ2n) is 5.35.